The van der Waals surface area contributed by atoms with Crippen LogP contribution in [0.2, 0.25) is 0 Å². The van der Waals surface area contributed by atoms with Gasteiger partial charge < -0.3 is 10.6 Å². The van der Waals surface area contributed by atoms with E-state index in [4.69, 9.17) is 10.9 Å². The summed E-state index contributed by atoms with van der Waals surface area (Å²) in [5.74, 6) is 0.940. The summed E-state index contributed by atoms with van der Waals surface area (Å²) >= 11 is 1.71. The number of thioether (sulfide) groups is 1. The summed E-state index contributed by atoms with van der Waals surface area (Å²) in [5, 5.41) is 5.10. The van der Waals surface area contributed by atoms with E-state index in [0.717, 1.165) is 12.3 Å². The van der Waals surface area contributed by atoms with Crippen LogP contribution >= 0.6 is 11.8 Å². The molecule has 4 N–H and O–H groups in total. The molecule has 0 aliphatic rings. The standard InChI is InChI=1S/C10H17N3O2S2/c1-13(6-7-16-2)8-4-3-5-9(10(8)11)17(12,14)15/h3-5H,6-7,11H2,1-2H3,(H2,12,14,15). The van der Waals surface area contributed by atoms with Crippen molar-refractivity contribution in [2.24, 2.45) is 5.14 Å². The van der Waals surface area contributed by atoms with Crippen LogP contribution in [0.25, 0.3) is 0 Å². The molecule has 7 heteroatoms. The van der Waals surface area contributed by atoms with Gasteiger partial charge in [0.05, 0.1) is 11.4 Å². The van der Waals surface area contributed by atoms with Gasteiger partial charge in [0, 0.05) is 19.3 Å². The van der Waals surface area contributed by atoms with E-state index < -0.39 is 10.0 Å². The van der Waals surface area contributed by atoms with E-state index in [2.05, 4.69) is 0 Å². The van der Waals surface area contributed by atoms with Crippen LogP contribution in [0.3, 0.4) is 0 Å². The van der Waals surface area contributed by atoms with Gasteiger partial charge in [-0.15, -0.1) is 0 Å². The van der Waals surface area contributed by atoms with Gasteiger partial charge in [-0.3, -0.25) is 0 Å². The summed E-state index contributed by atoms with van der Waals surface area (Å²) in [7, 11) is -1.90. The maximum Gasteiger partial charge on any atom is 0.240 e. The minimum absolute atomic E-state index is 0.0222. The lowest BCUT2D eigenvalue weighted by atomic mass is 10.2. The highest BCUT2D eigenvalue weighted by Gasteiger charge is 2.16. The van der Waals surface area contributed by atoms with Gasteiger partial charge in [-0.2, -0.15) is 11.8 Å². The minimum Gasteiger partial charge on any atom is -0.396 e. The Morgan fingerprint density at radius 1 is 1.41 bits per heavy atom. The van der Waals surface area contributed by atoms with E-state index >= 15 is 0 Å². The predicted molar refractivity (Wildman–Crippen MR) is 73.9 cm³/mol. The highest BCUT2D eigenvalue weighted by atomic mass is 32.2. The molecule has 1 aromatic rings. The second kappa shape index (κ2) is 5.61. The van der Waals surface area contributed by atoms with Gasteiger partial charge in [0.1, 0.15) is 4.90 Å². The summed E-state index contributed by atoms with van der Waals surface area (Å²) in [6.07, 6.45) is 2.01. The largest absolute Gasteiger partial charge is 0.396 e. The number of benzene rings is 1. The molecule has 0 radical (unpaired) electrons. The number of nitrogen functional groups attached to an aromatic ring is 1. The molecule has 0 aliphatic heterocycles. The minimum atomic E-state index is -3.77. The maximum atomic E-state index is 11.3. The van der Waals surface area contributed by atoms with Crippen molar-refractivity contribution >= 4 is 33.2 Å². The lowest BCUT2D eigenvalue weighted by Crippen LogP contribution is -2.23. The smallest absolute Gasteiger partial charge is 0.240 e. The SMILES string of the molecule is CSCCN(C)c1cccc(S(N)(=O)=O)c1N. The monoisotopic (exact) mass is 275 g/mol. The Kier molecular flexibility index (Phi) is 4.67. The third-order valence-corrected chi connectivity index (χ3v) is 3.95. The van der Waals surface area contributed by atoms with E-state index in [1.54, 1.807) is 23.9 Å². The Hall–Kier alpha value is -0.920. The molecule has 0 atom stereocenters. The van der Waals surface area contributed by atoms with Crippen LogP contribution in [0.15, 0.2) is 23.1 Å². The summed E-state index contributed by atoms with van der Waals surface area (Å²) in [4.78, 5) is 1.89. The Labute approximate surface area is 106 Å². The molecule has 96 valence electrons. The summed E-state index contributed by atoms with van der Waals surface area (Å²) in [5.41, 5.74) is 6.73. The average molecular weight is 275 g/mol. The van der Waals surface area contributed by atoms with Gasteiger partial charge in [-0.05, 0) is 18.4 Å². The molecule has 0 spiro atoms. The Morgan fingerprint density at radius 2 is 2.06 bits per heavy atom. The number of hydrogen-bond acceptors (Lipinski definition) is 5. The average Bonchev–Trinajstić information content (AvgIpc) is 2.24. The first-order valence-corrected chi connectivity index (χ1v) is 7.93. The molecule has 0 aromatic heterocycles. The zero-order chi connectivity index (χ0) is 13.1. The molecular weight excluding hydrogens is 258 g/mol. The van der Waals surface area contributed by atoms with Crippen LogP contribution in [0, 0.1) is 0 Å². The molecule has 17 heavy (non-hydrogen) atoms. The number of nitrogens with zero attached hydrogens (tertiary/aromatic N) is 1. The van der Waals surface area contributed by atoms with Gasteiger partial charge in [0.15, 0.2) is 0 Å². The van der Waals surface area contributed by atoms with E-state index in [0.29, 0.717) is 5.69 Å². The second-order valence-corrected chi connectivity index (χ2v) is 6.16. The van der Waals surface area contributed by atoms with Crippen molar-refractivity contribution in [2.75, 3.05) is 36.2 Å². The highest BCUT2D eigenvalue weighted by Crippen LogP contribution is 2.28. The number of anilines is 2. The summed E-state index contributed by atoms with van der Waals surface area (Å²) in [6.45, 7) is 0.791. The van der Waals surface area contributed by atoms with Crippen LogP contribution < -0.4 is 15.8 Å². The molecule has 0 saturated heterocycles. The quantitative estimate of drug-likeness (QED) is 0.773. The van der Waals surface area contributed by atoms with E-state index in [1.807, 2.05) is 18.2 Å². The fourth-order valence-electron chi connectivity index (χ4n) is 1.46. The predicted octanol–water partition coefficient (Wildman–Crippen LogP) is 0.715. The Morgan fingerprint density at radius 3 is 2.59 bits per heavy atom. The van der Waals surface area contributed by atoms with E-state index in [1.165, 1.54) is 6.07 Å². The van der Waals surface area contributed by atoms with Crippen molar-refractivity contribution in [1.82, 2.24) is 0 Å². The first-order chi connectivity index (χ1) is 7.88. The number of sulfonamides is 1. The molecule has 0 saturated carbocycles. The van der Waals surface area contributed by atoms with Crippen LogP contribution in [0.1, 0.15) is 0 Å². The molecule has 0 aliphatic carbocycles. The fourth-order valence-corrected chi connectivity index (χ4v) is 2.60. The molecule has 0 amide bonds. The van der Waals surface area contributed by atoms with Gasteiger partial charge in [-0.25, -0.2) is 13.6 Å². The highest BCUT2D eigenvalue weighted by molar-refractivity contribution is 7.98. The molecule has 0 heterocycles. The van der Waals surface area contributed by atoms with Crippen molar-refractivity contribution in [1.29, 1.82) is 0 Å². The molecule has 1 aromatic carbocycles. The topological polar surface area (TPSA) is 89.4 Å². The van der Waals surface area contributed by atoms with Crippen LogP contribution in [-0.2, 0) is 10.0 Å². The Balaban J connectivity index is 3.11. The number of primary sulfonamides is 1. The zero-order valence-corrected chi connectivity index (χ0v) is 11.5. The first-order valence-electron chi connectivity index (χ1n) is 4.99. The maximum absolute atomic E-state index is 11.3. The van der Waals surface area contributed by atoms with Crippen molar-refractivity contribution < 1.29 is 8.42 Å². The van der Waals surface area contributed by atoms with Crippen molar-refractivity contribution in [3.05, 3.63) is 18.2 Å². The van der Waals surface area contributed by atoms with Crippen molar-refractivity contribution in [2.45, 2.75) is 4.90 Å². The number of para-hydroxylation sites is 1. The third-order valence-electron chi connectivity index (χ3n) is 2.39. The normalized spacial score (nSPS) is 11.5. The first kappa shape index (κ1) is 14.1. The zero-order valence-electron chi connectivity index (χ0n) is 9.88. The molecule has 1 rings (SSSR count). The van der Waals surface area contributed by atoms with Gasteiger partial charge in [-0.1, -0.05) is 6.07 Å². The van der Waals surface area contributed by atoms with Crippen LogP contribution in [-0.4, -0.2) is 34.0 Å². The third kappa shape index (κ3) is 3.52. The van der Waals surface area contributed by atoms with Crippen LogP contribution in [0.5, 0.6) is 0 Å². The number of nitrogens with two attached hydrogens (primary N) is 2. The molecule has 5 nitrogen and oxygen atoms in total. The van der Waals surface area contributed by atoms with Crippen molar-refractivity contribution in [3.8, 4) is 0 Å². The molecule has 0 bridgehead atoms. The fraction of sp³-hybridized carbons (Fsp3) is 0.400. The van der Waals surface area contributed by atoms with Crippen LogP contribution in [0.4, 0.5) is 11.4 Å². The molecular formula is C10H17N3O2S2. The van der Waals surface area contributed by atoms with Gasteiger partial charge >= 0.3 is 0 Å². The molecule has 0 fully saturated rings. The van der Waals surface area contributed by atoms with E-state index in [-0.39, 0.29) is 10.6 Å². The lowest BCUT2D eigenvalue weighted by molar-refractivity contribution is 0.598. The molecule has 0 unspecified atom stereocenters. The number of hydrogen-bond donors (Lipinski definition) is 2. The Bertz CT molecular complexity index is 488. The summed E-state index contributed by atoms with van der Waals surface area (Å²) in [6, 6.07) is 4.84. The number of rotatable bonds is 5. The van der Waals surface area contributed by atoms with Crippen molar-refractivity contribution in [3.63, 3.8) is 0 Å². The summed E-state index contributed by atoms with van der Waals surface area (Å²) < 4.78 is 22.6. The van der Waals surface area contributed by atoms with Gasteiger partial charge in [0.2, 0.25) is 10.0 Å². The van der Waals surface area contributed by atoms with Gasteiger partial charge in [0.25, 0.3) is 0 Å². The second-order valence-electron chi connectivity index (χ2n) is 3.65. The van der Waals surface area contributed by atoms with E-state index in [9.17, 15) is 8.42 Å². The lowest BCUT2D eigenvalue weighted by Gasteiger charge is -2.21.